The van der Waals surface area contributed by atoms with Gasteiger partial charge in [-0.2, -0.15) is 0 Å². The molecule has 0 bridgehead atoms. The van der Waals surface area contributed by atoms with Crippen LogP contribution in [0, 0.1) is 0 Å². The van der Waals surface area contributed by atoms with Gasteiger partial charge >= 0.3 is 0 Å². The zero-order valence-corrected chi connectivity index (χ0v) is 57.1. The molecule has 0 aliphatic carbocycles. The van der Waals surface area contributed by atoms with Gasteiger partial charge in [-0.25, -0.2) is 9.34 Å². The molecule has 5 aliphatic heterocycles. The number of carbonyl (C=O) groups excluding carboxylic acids is 2. The van der Waals surface area contributed by atoms with Crippen LogP contribution in [0.4, 0.5) is 0 Å². The molecule has 5 saturated heterocycles. The van der Waals surface area contributed by atoms with Crippen molar-refractivity contribution < 1.29 is 113 Å². The maximum absolute atomic E-state index is 12.4. The molecule has 0 aromatic heterocycles. The summed E-state index contributed by atoms with van der Waals surface area (Å²) in [6, 6.07) is -2.84. The summed E-state index contributed by atoms with van der Waals surface area (Å²) in [5.41, 5.74) is 0. The van der Waals surface area contributed by atoms with Crippen molar-refractivity contribution in [2.24, 2.45) is 0 Å². The van der Waals surface area contributed by atoms with Crippen LogP contribution in [0.15, 0.2) is 0 Å². The number of carbonyl (C=O) groups is 2. The summed E-state index contributed by atoms with van der Waals surface area (Å²) in [6.07, 6.45) is -2.50. The van der Waals surface area contributed by atoms with Gasteiger partial charge in [0.25, 0.3) is 0 Å². The predicted octanol–water partition coefficient (Wildman–Crippen LogP) is -4.54. The SMILES string of the molecule is [B]C1CN(P(C)(=O)N(C)C)CC(OC)O1.[B]CC(=O)N(CCNC)CC(C)=O.[B][C@@H]1OCC(OC)[C@@H]1OP(C)(=O)[O-].[B][C@@H]1O[C@H](COC)C(OP(C)(=O)[O-])[C@@H]1OCCCO.[B][C@H]1CC(NP(C)(=O)[O-])[C@@H](COC)O1.[B][C@H]1CC(NP([BH3-])(C)=O)[C@@H](COC)O1. The summed E-state index contributed by atoms with van der Waals surface area (Å²) in [6.45, 7) is 11.8. The van der Waals surface area contributed by atoms with E-state index in [9.17, 15) is 47.1 Å². The average molecular weight is 1350 g/mol. The van der Waals surface area contributed by atoms with Gasteiger partial charge in [0.15, 0.2) is 6.29 Å². The van der Waals surface area contributed by atoms with Crippen LogP contribution in [0.3, 0.4) is 0 Å². The molecule has 88 heavy (non-hydrogen) atoms. The summed E-state index contributed by atoms with van der Waals surface area (Å²) >= 11 is 0. The number of aliphatic hydroxyl groups excluding tert-OH is 1. The first-order valence-electron chi connectivity index (χ1n) is 27.4. The van der Waals surface area contributed by atoms with Gasteiger partial charge in [-0.1, -0.05) is 0 Å². The Hall–Kier alpha value is -0.135. The fraction of sp³-hybridized carbons (Fsp3) is 0.957. The monoisotopic (exact) mass is 1350 g/mol. The number of nitrogens with one attached hydrogen (secondary N) is 3. The molecule has 5 fully saturated rings. The van der Waals surface area contributed by atoms with Crippen molar-refractivity contribution >= 4 is 104 Å². The second-order valence-corrected chi connectivity index (χ2v) is 30.3. The van der Waals surface area contributed by atoms with Gasteiger partial charge in [-0.15, -0.1) is 0 Å². The van der Waals surface area contributed by atoms with Crippen molar-refractivity contribution in [3.05, 3.63) is 0 Å². The molecule has 0 aromatic carbocycles. The zero-order valence-electron chi connectivity index (χ0n) is 52.6. The number of ether oxygens (including phenoxy) is 11. The second kappa shape index (κ2) is 43.8. The van der Waals surface area contributed by atoms with Crippen molar-refractivity contribution in [2.75, 3.05) is 162 Å². The zero-order chi connectivity index (χ0) is 68.0. The summed E-state index contributed by atoms with van der Waals surface area (Å²) in [5, 5.41) is 17.3. The molecular weight excluding hydrogens is 1250 g/mol. The van der Waals surface area contributed by atoms with Crippen LogP contribution in [0.25, 0.3) is 0 Å². The van der Waals surface area contributed by atoms with E-state index < -0.39 is 98.1 Å². The molecule has 11 unspecified atom stereocenters. The van der Waals surface area contributed by atoms with Gasteiger partial charge in [0, 0.05) is 138 Å². The van der Waals surface area contributed by atoms with Crippen molar-refractivity contribution in [3.8, 4) is 0 Å². The minimum Gasteiger partial charge on any atom is -0.788 e. The van der Waals surface area contributed by atoms with Crippen molar-refractivity contribution in [2.45, 2.75) is 124 Å². The second-order valence-electron chi connectivity index (χ2n) is 20.6. The van der Waals surface area contributed by atoms with Crippen LogP contribution in [0.2, 0.25) is 6.32 Å². The smallest absolute Gasteiger partial charge is 0.214 e. The van der Waals surface area contributed by atoms with Crippen LogP contribution in [0.5, 0.6) is 0 Å². The number of ketones is 1. The topological polar surface area (TPSA) is 375 Å². The van der Waals surface area contributed by atoms with E-state index in [1.54, 1.807) is 53.4 Å². The maximum Gasteiger partial charge on any atom is 0.214 e. The Morgan fingerprint density at radius 2 is 1.23 bits per heavy atom. The highest BCUT2D eigenvalue weighted by Crippen LogP contribution is 2.48. The highest BCUT2D eigenvalue weighted by atomic mass is 31.2. The molecule has 12 radical (unpaired) electrons. The molecular formula is C46H94B7N6O24P5-4. The molecule has 5 aliphatic rings. The summed E-state index contributed by atoms with van der Waals surface area (Å²) in [5.74, 6) is -0.219. The Balaban J connectivity index is 0.00000104. The number of morpholine rings is 1. The minimum atomic E-state index is -3.95. The van der Waals surface area contributed by atoms with Gasteiger partial charge in [-0.3, -0.25) is 24.3 Å². The van der Waals surface area contributed by atoms with Gasteiger partial charge < -0.3 is 109 Å². The number of amides is 1. The number of hydrogen-bond donors (Lipinski definition) is 4. The fourth-order valence-electron chi connectivity index (χ4n) is 8.39. The molecule has 5 heterocycles. The number of hydrogen-bond acceptors (Lipinski definition) is 25. The minimum absolute atomic E-state index is 0.0241. The summed E-state index contributed by atoms with van der Waals surface area (Å²) in [7, 11) is 30.5. The Morgan fingerprint density at radius 1 is 0.716 bits per heavy atom. The van der Waals surface area contributed by atoms with E-state index in [1.807, 2.05) is 4.67 Å². The fourth-order valence-corrected chi connectivity index (χ4v) is 12.8. The first-order chi connectivity index (χ1) is 40.7. The summed E-state index contributed by atoms with van der Waals surface area (Å²) in [4.78, 5) is 56.6. The average Bonchev–Trinajstić information content (AvgIpc) is 4.32. The molecule has 502 valence electrons. The molecule has 0 aromatic rings. The Morgan fingerprint density at radius 3 is 1.65 bits per heavy atom. The van der Waals surface area contributed by atoms with E-state index >= 15 is 0 Å². The largest absolute Gasteiger partial charge is 0.788 e. The van der Waals surface area contributed by atoms with Crippen molar-refractivity contribution in [3.63, 3.8) is 0 Å². The first-order valence-corrected chi connectivity index (χ1v) is 37.2. The Bertz CT molecular complexity index is 2160. The van der Waals surface area contributed by atoms with E-state index in [-0.39, 0.29) is 88.8 Å². The molecule has 1 amide bonds. The molecule has 20 atom stereocenters. The Labute approximate surface area is 530 Å². The number of rotatable bonds is 28. The van der Waals surface area contributed by atoms with E-state index in [2.05, 4.69) is 15.5 Å². The Kier molecular flexibility index (Phi) is 43.8. The predicted molar refractivity (Wildman–Crippen MR) is 335 cm³/mol. The molecule has 42 heteroatoms. The standard InChI is InChI=1S/C10H20BO7P.C8H18BN2O3P.C8H15BN2O2.C7H17B2NO3P.C7H15BNO4P.C6H12BO5P/c1-15-6-7-8(18-19(2,13)14)9(10(11)17-7)16-5-3-4-12;1-10(2)15(4,12)11-5-7(9)14-8(6-11)13-3;1-7(12)6-11(4-3-10-2)8(13)5-9;1-12-4-6-5(3-7(8)13-6)10-14(2,9)11;1-12-4-6-5(3-7(8)13-6)9-14(2,10)11;1-10-4-3-11-6(7)5(4)12-13(2,8)9/h7-10,12H,3-6H2,1-2H3,(H,13,14);7-8H,5-6H2,1-4H3;10H,3-6H2,1-2H3;5-7H,3-4H2,1-2,9H3,(H,10,11);5-7H,3-4H2,1-2H3,(H2,9,10,11);4-6H,3H2,1-2H3,(H,8,9)/q;;;-1;;/p-3/t7-,8?,9+,10-;;;5?,6-,7-,14?;5?,6-,7-;4?,5-,6+/m1..110/s1. The van der Waals surface area contributed by atoms with Crippen molar-refractivity contribution in [1.82, 2.24) is 29.7 Å². The van der Waals surface area contributed by atoms with Crippen molar-refractivity contribution in [1.29, 1.82) is 0 Å². The lowest BCUT2D eigenvalue weighted by atomic mass is 9.93. The highest BCUT2D eigenvalue weighted by molar-refractivity contribution is 7.85. The van der Waals surface area contributed by atoms with E-state index in [1.165, 1.54) is 33.2 Å². The van der Waals surface area contributed by atoms with Gasteiger partial charge in [0.1, 0.15) is 90.7 Å². The van der Waals surface area contributed by atoms with E-state index in [0.29, 0.717) is 52.2 Å². The molecule has 0 spiro atoms. The number of methoxy groups -OCH3 is 5. The molecule has 30 nitrogen and oxygen atoms in total. The first kappa shape index (κ1) is 87.9. The normalized spacial score (nSPS) is 31.9. The third-order valence-electron chi connectivity index (χ3n) is 12.5. The lowest BCUT2D eigenvalue weighted by Crippen LogP contribution is -2.48. The van der Waals surface area contributed by atoms with E-state index in [0.717, 1.165) is 26.4 Å². The molecule has 0 saturated carbocycles. The summed E-state index contributed by atoms with van der Waals surface area (Å²) < 4.78 is 127. The molecule has 5 rings (SSSR count). The highest BCUT2D eigenvalue weighted by Gasteiger charge is 2.45. The van der Waals surface area contributed by atoms with Crippen LogP contribution < -0.4 is 30.2 Å². The number of likely N-dealkylation sites (N-methyl/N-ethyl adjacent to an activating group) is 1. The van der Waals surface area contributed by atoms with Gasteiger partial charge in [0.2, 0.25) is 13.4 Å². The lowest BCUT2D eigenvalue weighted by molar-refractivity contribution is -0.206. The third-order valence-corrected chi connectivity index (χ3v) is 18.1. The van der Waals surface area contributed by atoms with Crippen LogP contribution in [-0.4, -0.2) is 339 Å². The number of Topliss-reactive ketones (excluding diaryl/α,β-unsaturated/α-hetero) is 1. The number of aliphatic hydroxyl groups is 1. The van der Waals surface area contributed by atoms with Crippen LogP contribution >= 0.6 is 37.3 Å². The van der Waals surface area contributed by atoms with E-state index in [4.69, 9.17) is 113 Å². The van der Waals surface area contributed by atoms with Gasteiger partial charge in [0.05, 0.1) is 67.1 Å². The van der Waals surface area contributed by atoms with Crippen LogP contribution in [0.1, 0.15) is 26.2 Å². The quantitative estimate of drug-likeness (QED) is 0.0326. The van der Waals surface area contributed by atoms with Crippen LogP contribution in [-0.2, 0) is 93.6 Å². The third kappa shape index (κ3) is 37.2. The number of nitrogens with zero attached hydrogens (tertiary/aromatic N) is 3. The lowest BCUT2D eigenvalue weighted by Gasteiger charge is -2.41. The maximum atomic E-state index is 12.4. The molecule has 4 N–H and O–H groups in total. The van der Waals surface area contributed by atoms with Gasteiger partial charge in [-0.05, 0) is 74.2 Å².